The van der Waals surface area contributed by atoms with Crippen molar-refractivity contribution >= 4 is 23.4 Å². The van der Waals surface area contributed by atoms with Crippen LogP contribution in [0.2, 0.25) is 0 Å². The van der Waals surface area contributed by atoms with E-state index in [1.54, 1.807) is 6.07 Å². The number of likely N-dealkylation sites (tertiary alicyclic amines) is 1. The number of carbonyl (C=O) groups is 1. The Morgan fingerprint density at radius 3 is 3.00 bits per heavy atom. The van der Waals surface area contributed by atoms with E-state index >= 15 is 0 Å². The maximum absolute atomic E-state index is 12.9. The van der Waals surface area contributed by atoms with E-state index in [9.17, 15) is 9.18 Å². The number of nitrogens with two attached hydrogens (primary N) is 1. The predicted molar refractivity (Wildman–Crippen MR) is 76.6 cm³/mol. The lowest BCUT2D eigenvalue weighted by atomic mass is 10.0. The van der Waals surface area contributed by atoms with Gasteiger partial charge in [0.1, 0.15) is 5.82 Å². The Morgan fingerprint density at radius 2 is 2.32 bits per heavy atom. The van der Waals surface area contributed by atoms with Gasteiger partial charge in [0.2, 0.25) is 5.91 Å². The molecule has 1 aromatic carbocycles. The summed E-state index contributed by atoms with van der Waals surface area (Å²) in [7, 11) is 0. The van der Waals surface area contributed by atoms with Gasteiger partial charge in [-0.1, -0.05) is 0 Å². The van der Waals surface area contributed by atoms with Crippen LogP contribution in [0.25, 0.3) is 0 Å². The van der Waals surface area contributed by atoms with E-state index in [1.807, 2.05) is 4.90 Å². The summed E-state index contributed by atoms with van der Waals surface area (Å²) in [5, 5.41) is 0. The van der Waals surface area contributed by atoms with Gasteiger partial charge < -0.3 is 10.6 Å². The van der Waals surface area contributed by atoms with Crippen molar-refractivity contribution in [3.8, 4) is 0 Å². The number of nitrogens with zero attached hydrogens (tertiary/aromatic N) is 1. The summed E-state index contributed by atoms with van der Waals surface area (Å²) in [6.45, 7) is 2.94. The molecule has 19 heavy (non-hydrogen) atoms. The molecule has 0 saturated carbocycles. The van der Waals surface area contributed by atoms with E-state index < -0.39 is 0 Å². The number of benzene rings is 1. The summed E-state index contributed by atoms with van der Waals surface area (Å²) in [5.74, 6) is 0.152. The quantitative estimate of drug-likeness (QED) is 0.685. The first-order chi connectivity index (χ1) is 9.08. The number of thioether (sulfide) groups is 1. The van der Waals surface area contributed by atoms with Gasteiger partial charge in [-0.05, 0) is 44.4 Å². The van der Waals surface area contributed by atoms with Crippen LogP contribution in [0.3, 0.4) is 0 Å². The molecule has 0 bridgehead atoms. The van der Waals surface area contributed by atoms with Crippen LogP contribution in [0.1, 0.15) is 26.2 Å². The first-order valence-corrected chi connectivity index (χ1v) is 7.54. The molecular formula is C14H19FN2OS. The van der Waals surface area contributed by atoms with Crippen LogP contribution in [-0.2, 0) is 4.79 Å². The summed E-state index contributed by atoms with van der Waals surface area (Å²) in [4.78, 5) is 14.9. The fourth-order valence-electron chi connectivity index (χ4n) is 2.34. The highest BCUT2D eigenvalue weighted by Crippen LogP contribution is 2.26. The van der Waals surface area contributed by atoms with Crippen molar-refractivity contribution in [3.63, 3.8) is 0 Å². The normalized spacial score (nSPS) is 19.5. The molecule has 1 aromatic rings. The molecule has 0 radical (unpaired) electrons. The standard InChI is InChI=1S/C14H19FN2OS/c1-10-4-2-3-7-17(10)14(18)9-19-13-6-5-11(15)8-12(13)16/h5-6,8,10H,2-4,7,9,16H2,1H3. The highest BCUT2D eigenvalue weighted by molar-refractivity contribution is 8.00. The van der Waals surface area contributed by atoms with Crippen LogP contribution in [0.15, 0.2) is 23.1 Å². The molecule has 0 aliphatic carbocycles. The van der Waals surface area contributed by atoms with Gasteiger partial charge in [-0.3, -0.25) is 4.79 Å². The Labute approximate surface area is 117 Å². The van der Waals surface area contributed by atoms with Gasteiger partial charge in [0.25, 0.3) is 0 Å². The largest absolute Gasteiger partial charge is 0.398 e. The van der Waals surface area contributed by atoms with Crippen molar-refractivity contribution in [3.05, 3.63) is 24.0 Å². The fraction of sp³-hybridized carbons (Fsp3) is 0.500. The zero-order valence-electron chi connectivity index (χ0n) is 11.1. The van der Waals surface area contributed by atoms with E-state index in [4.69, 9.17) is 5.73 Å². The topological polar surface area (TPSA) is 46.3 Å². The second-order valence-corrected chi connectivity index (χ2v) is 5.92. The number of carbonyl (C=O) groups excluding carboxylic acids is 1. The zero-order valence-corrected chi connectivity index (χ0v) is 11.9. The SMILES string of the molecule is CC1CCCCN1C(=O)CSc1ccc(F)cc1N. The average molecular weight is 282 g/mol. The maximum Gasteiger partial charge on any atom is 0.233 e. The van der Waals surface area contributed by atoms with Crippen molar-refractivity contribution in [1.29, 1.82) is 0 Å². The number of hydrogen-bond donors (Lipinski definition) is 1. The highest BCUT2D eigenvalue weighted by Gasteiger charge is 2.23. The van der Waals surface area contributed by atoms with Gasteiger partial charge in [-0.15, -0.1) is 11.8 Å². The molecule has 1 aliphatic heterocycles. The van der Waals surface area contributed by atoms with Gasteiger partial charge in [0, 0.05) is 23.2 Å². The van der Waals surface area contributed by atoms with Gasteiger partial charge >= 0.3 is 0 Å². The van der Waals surface area contributed by atoms with E-state index in [0.717, 1.165) is 24.3 Å². The van der Waals surface area contributed by atoms with Gasteiger partial charge in [0.05, 0.1) is 5.75 Å². The number of rotatable bonds is 3. The first-order valence-electron chi connectivity index (χ1n) is 6.55. The summed E-state index contributed by atoms with van der Waals surface area (Å²) in [6, 6.07) is 4.61. The number of nitrogen functional groups attached to an aromatic ring is 1. The van der Waals surface area contributed by atoms with Crippen LogP contribution < -0.4 is 5.73 Å². The minimum Gasteiger partial charge on any atom is -0.398 e. The molecule has 3 nitrogen and oxygen atoms in total. The van der Waals surface area contributed by atoms with Crippen LogP contribution >= 0.6 is 11.8 Å². The molecule has 5 heteroatoms. The van der Waals surface area contributed by atoms with E-state index in [1.165, 1.54) is 30.3 Å². The van der Waals surface area contributed by atoms with Crippen molar-refractivity contribution in [2.75, 3.05) is 18.0 Å². The minimum absolute atomic E-state index is 0.140. The Morgan fingerprint density at radius 1 is 1.53 bits per heavy atom. The molecule has 0 aromatic heterocycles. The molecule has 1 unspecified atom stereocenters. The van der Waals surface area contributed by atoms with Crippen molar-refractivity contribution < 1.29 is 9.18 Å². The third-order valence-corrected chi connectivity index (χ3v) is 4.52. The fourth-order valence-corrected chi connectivity index (χ4v) is 3.18. The Balaban J connectivity index is 1.92. The van der Waals surface area contributed by atoms with Gasteiger partial charge in [-0.25, -0.2) is 4.39 Å². The lowest BCUT2D eigenvalue weighted by molar-refractivity contribution is -0.131. The molecule has 0 spiro atoms. The molecule has 104 valence electrons. The summed E-state index contributed by atoms with van der Waals surface area (Å²) in [6.07, 6.45) is 3.36. The smallest absolute Gasteiger partial charge is 0.233 e. The summed E-state index contributed by atoms with van der Waals surface area (Å²) >= 11 is 1.38. The van der Waals surface area contributed by atoms with Crippen LogP contribution in [0.5, 0.6) is 0 Å². The van der Waals surface area contributed by atoms with E-state index in [0.29, 0.717) is 17.5 Å². The van der Waals surface area contributed by atoms with E-state index in [-0.39, 0.29) is 11.7 Å². The summed E-state index contributed by atoms with van der Waals surface area (Å²) < 4.78 is 12.9. The maximum atomic E-state index is 12.9. The van der Waals surface area contributed by atoms with Crippen molar-refractivity contribution in [2.45, 2.75) is 37.1 Å². The molecule has 1 amide bonds. The predicted octanol–water partition coefficient (Wildman–Crippen LogP) is 2.90. The lowest BCUT2D eigenvalue weighted by Crippen LogP contribution is -2.42. The van der Waals surface area contributed by atoms with Crippen LogP contribution in [0.4, 0.5) is 10.1 Å². The van der Waals surface area contributed by atoms with Crippen molar-refractivity contribution in [1.82, 2.24) is 4.90 Å². The number of amides is 1. The second kappa shape index (κ2) is 6.28. The van der Waals surface area contributed by atoms with Crippen molar-refractivity contribution in [2.24, 2.45) is 0 Å². The Bertz CT molecular complexity index is 467. The third kappa shape index (κ3) is 3.62. The zero-order chi connectivity index (χ0) is 13.8. The number of hydrogen-bond acceptors (Lipinski definition) is 3. The molecule has 2 N–H and O–H groups in total. The molecule has 1 heterocycles. The first kappa shape index (κ1) is 14.2. The minimum atomic E-state index is -0.349. The Kier molecular flexibility index (Phi) is 4.69. The van der Waals surface area contributed by atoms with Crippen LogP contribution in [0, 0.1) is 5.82 Å². The monoisotopic (exact) mass is 282 g/mol. The molecule has 1 atom stereocenters. The second-order valence-electron chi connectivity index (χ2n) is 4.90. The Hall–Kier alpha value is -1.23. The lowest BCUT2D eigenvalue weighted by Gasteiger charge is -2.33. The molecule has 1 fully saturated rings. The number of halogens is 1. The van der Waals surface area contributed by atoms with E-state index in [2.05, 4.69) is 6.92 Å². The molecule has 1 aliphatic rings. The highest BCUT2D eigenvalue weighted by atomic mass is 32.2. The van der Waals surface area contributed by atoms with Gasteiger partial charge in [0.15, 0.2) is 0 Å². The number of anilines is 1. The molecule has 1 saturated heterocycles. The van der Waals surface area contributed by atoms with Gasteiger partial charge in [-0.2, -0.15) is 0 Å². The van der Waals surface area contributed by atoms with Crippen LogP contribution in [-0.4, -0.2) is 29.1 Å². The average Bonchev–Trinajstić information content (AvgIpc) is 2.38. The number of piperidine rings is 1. The molecular weight excluding hydrogens is 263 g/mol. The molecule has 2 rings (SSSR count). The summed E-state index contributed by atoms with van der Waals surface area (Å²) in [5.41, 5.74) is 6.12. The third-order valence-electron chi connectivity index (χ3n) is 3.45.